The Kier molecular flexibility index (Phi) is 3.07. The van der Waals surface area contributed by atoms with E-state index in [1.54, 1.807) is 0 Å². The average molecular weight is 208 g/mol. The Morgan fingerprint density at radius 1 is 1.67 bits per heavy atom. The molecule has 1 saturated heterocycles. The number of hydrogen-bond acceptors (Lipinski definition) is 3. The van der Waals surface area contributed by atoms with Crippen LogP contribution in [-0.2, 0) is 13.5 Å². The summed E-state index contributed by atoms with van der Waals surface area (Å²) in [5.74, 6) is 0. The second-order valence-electron chi connectivity index (χ2n) is 4.69. The smallest absolute Gasteiger partial charge is 0.0522 e. The van der Waals surface area contributed by atoms with Crippen molar-refractivity contribution in [1.82, 2.24) is 20.4 Å². The first-order chi connectivity index (χ1) is 7.18. The monoisotopic (exact) mass is 208 g/mol. The van der Waals surface area contributed by atoms with E-state index in [1.807, 2.05) is 17.9 Å². The predicted octanol–water partition coefficient (Wildman–Crippen LogP) is 0.304. The van der Waals surface area contributed by atoms with Crippen LogP contribution in [0.25, 0.3) is 0 Å². The van der Waals surface area contributed by atoms with E-state index in [4.69, 9.17) is 0 Å². The summed E-state index contributed by atoms with van der Waals surface area (Å²) >= 11 is 0. The summed E-state index contributed by atoms with van der Waals surface area (Å²) in [5, 5.41) is 11.2. The third-order valence-electron chi connectivity index (χ3n) is 3.09. The molecule has 0 aliphatic carbocycles. The Labute approximate surface area is 91.1 Å². The lowest BCUT2D eigenvalue weighted by molar-refractivity contribution is 0.391. The van der Waals surface area contributed by atoms with Crippen molar-refractivity contribution >= 4 is 0 Å². The highest BCUT2D eigenvalue weighted by atomic mass is 15.2. The molecule has 4 nitrogen and oxygen atoms in total. The van der Waals surface area contributed by atoms with Gasteiger partial charge in [-0.3, -0.25) is 4.68 Å². The van der Waals surface area contributed by atoms with Gasteiger partial charge in [0.2, 0.25) is 0 Å². The van der Waals surface area contributed by atoms with Gasteiger partial charge in [-0.1, -0.05) is 0 Å². The van der Waals surface area contributed by atoms with Gasteiger partial charge in [0.1, 0.15) is 0 Å². The zero-order valence-electron chi connectivity index (χ0n) is 9.58. The molecule has 15 heavy (non-hydrogen) atoms. The molecule has 2 N–H and O–H groups in total. The largest absolute Gasteiger partial charge is 0.315 e. The van der Waals surface area contributed by atoms with Crippen molar-refractivity contribution < 1.29 is 0 Å². The third-order valence-corrected chi connectivity index (χ3v) is 3.09. The summed E-state index contributed by atoms with van der Waals surface area (Å²) in [7, 11) is 1.96. The van der Waals surface area contributed by atoms with Crippen molar-refractivity contribution in [3.63, 3.8) is 0 Å². The van der Waals surface area contributed by atoms with Crippen LogP contribution in [0.3, 0.4) is 0 Å². The van der Waals surface area contributed by atoms with Crippen LogP contribution < -0.4 is 10.6 Å². The van der Waals surface area contributed by atoms with Crippen molar-refractivity contribution in [2.24, 2.45) is 7.05 Å². The molecule has 0 radical (unpaired) electrons. The number of nitrogens with one attached hydrogen (secondary N) is 2. The quantitative estimate of drug-likeness (QED) is 0.748. The fourth-order valence-electron chi connectivity index (χ4n) is 2.08. The van der Waals surface area contributed by atoms with E-state index in [2.05, 4.69) is 28.9 Å². The van der Waals surface area contributed by atoms with Crippen LogP contribution >= 0.6 is 0 Å². The number of rotatable bonds is 4. The molecule has 0 amide bonds. The zero-order valence-corrected chi connectivity index (χ0v) is 9.58. The molecule has 1 atom stereocenters. The lowest BCUT2D eigenvalue weighted by Gasteiger charge is -2.24. The zero-order chi connectivity index (χ0) is 10.7. The van der Waals surface area contributed by atoms with Gasteiger partial charge in [-0.15, -0.1) is 0 Å². The second kappa shape index (κ2) is 4.33. The molecule has 4 heteroatoms. The first-order valence-electron chi connectivity index (χ1n) is 5.61. The maximum atomic E-state index is 4.16. The van der Waals surface area contributed by atoms with Gasteiger partial charge in [0.05, 0.1) is 6.20 Å². The van der Waals surface area contributed by atoms with E-state index < -0.39 is 0 Å². The van der Waals surface area contributed by atoms with Crippen molar-refractivity contribution in [3.05, 3.63) is 18.0 Å². The molecule has 1 aromatic rings. The standard InChI is InChI=1S/C11H20N4/c1-11(4-6-12-9-11)13-5-3-10-7-14-15(2)8-10/h7-8,12-13H,3-6,9H2,1-2H3. The first kappa shape index (κ1) is 10.6. The summed E-state index contributed by atoms with van der Waals surface area (Å²) < 4.78 is 1.86. The second-order valence-corrected chi connectivity index (χ2v) is 4.69. The Morgan fingerprint density at radius 3 is 3.13 bits per heavy atom. The lowest BCUT2D eigenvalue weighted by atomic mass is 10.0. The summed E-state index contributed by atoms with van der Waals surface area (Å²) in [4.78, 5) is 0. The Hall–Kier alpha value is -0.870. The molecule has 2 heterocycles. The minimum Gasteiger partial charge on any atom is -0.315 e. The highest BCUT2D eigenvalue weighted by Crippen LogP contribution is 2.12. The maximum absolute atomic E-state index is 4.16. The summed E-state index contributed by atoms with van der Waals surface area (Å²) in [6, 6.07) is 0. The normalized spacial score (nSPS) is 26.0. The highest BCUT2D eigenvalue weighted by molar-refractivity contribution is 5.04. The molecule has 1 fully saturated rings. The van der Waals surface area contributed by atoms with Gasteiger partial charge in [0.25, 0.3) is 0 Å². The fraction of sp³-hybridized carbons (Fsp3) is 0.727. The van der Waals surface area contributed by atoms with Crippen LogP contribution in [0.1, 0.15) is 18.9 Å². The van der Waals surface area contributed by atoms with Crippen molar-refractivity contribution in [2.75, 3.05) is 19.6 Å². The molecule has 84 valence electrons. The Morgan fingerprint density at radius 2 is 2.53 bits per heavy atom. The maximum Gasteiger partial charge on any atom is 0.0522 e. The molecule has 1 aliphatic rings. The summed E-state index contributed by atoms with van der Waals surface area (Å²) in [6.07, 6.45) is 6.30. The molecule has 1 aromatic heterocycles. The molecule has 0 bridgehead atoms. The first-order valence-corrected chi connectivity index (χ1v) is 5.61. The Balaban J connectivity index is 1.75. The topological polar surface area (TPSA) is 41.9 Å². The minimum atomic E-state index is 0.294. The van der Waals surface area contributed by atoms with Crippen LogP contribution in [0.2, 0.25) is 0 Å². The molecule has 0 spiro atoms. The Bertz CT molecular complexity index is 312. The van der Waals surface area contributed by atoms with E-state index in [-0.39, 0.29) is 0 Å². The molecule has 0 aromatic carbocycles. The van der Waals surface area contributed by atoms with E-state index in [0.717, 1.165) is 26.1 Å². The molecular formula is C11H20N4. The van der Waals surface area contributed by atoms with Crippen molar-refractivity contribution in [2.45, 2.75) is 25.3 Å². The van der Waals surface area contributed by atoms with Crippen LogP contribution in [0.5, 0.6) is 0 Å². The van der Waals surface area contributed by atoms with Crippen LogP contribution in [0.15, 0.2) is 12.4 Å². The average Bonchev–Trinajstić information content (AvgIpc) is 2.76. The van der Waals surface area contributed by atoms with E-state index in [9.17, 15) is 0 Å². The van der Waals surface area contributed by atoms with Crippen molar-refractivity contribution in [1.29, 1.82) is 0 Å². The molecule has 1 aliphatic heterocycles. The third kappa shape index (κ3) is 2.79. The fourth-order valence-corrected chi connectivity index (χ4v) is 2.08. The van der Waals surface area contributed by atoms with E-state index in [0.29, 0.717) is 5.54 Å². The minimum absolute atomic E-state index is 0.294. The van der Waals surface area contributed by atoms with Gasteiger partial charge in [-0.25, -0.2) is 0 Å². The SMILES string of the molecule is Cn1cc(CCNC2(C)CCNC2)cn1. The van der Waals surface area contributed by atoms with E-state index >= 15 is 0 Å². The van der Waals surface area contributed by atoms with Crippen LogP contribution in [0.4, 0.5) is 0 Å². The van der Waals surface area contributed by atoms with Gasteiger partial charge in [-0.05, 0) is 38.4 Å². The summed E-state index contributed by atoms with van der Waals surface area (Å²) in [5.41, 5.74) is 1.60. The van der Waals surface area contributed by atoms with Gasteiger partial charge >= 0.3 is 0 Å². The van der Waals surface area contributed by atoms with Gasteiger partial charge in [-0.2, -0.15) is 5.10 Å². The van der Waals surface area contributed by atoms with Gasteiger partial charge in [0.15, 0.2) is 0 Å². The summed E-state index contributed by atoms with van der Waals surface area (Å²) in [6.45, 7) is 5.54. The molecule has 1 unspecified atom stereocenters. The number of aromatic nitrogens is 2. The lowest BCUT2D eigenvalue weighted by Crippen LogP contribution is -2.44. The molecule has 2 rings (SSSR count). The van der Waals surface area contributed by atoms with E-state index in [1.165, 1.54) is 12.0 Å². The molecule has 0 saturated carbocycles. The number of nitrogens with zero attached hydrogens (tertiary/aromatic N) is 2. The number of hydrogen-bond donors (Lipinski definition) is 2. The molecular weight excluding hydrogens is 188 g/mol. The number of aryl methyl sites for hydroxylation is 1. The highest BCUT2D eigenvalue weighted by Gasteiger charge is 2.27. The van der Waals surface area contributed by atoms with Crippen LogP contribution in [0, 0.1) is 0 Å². The van der Waals surface area contributed by atoms with Gasteiger partial charge in [0, 0.05) is 25.3 Å². The van der Waals surface area contributed by atoms with Crippen LogP contribution in [-0.4, -0.2) is 35.0 Å². The van der Waals surface area contributed by atoms with Crippen molar-refractivity contribution in [3.8, 4) is 0 Å². The van der Waals surface area contributed by atoms with Gasteiger partial charge < -0.3 is 10.6 Å². The predicted molar refractivity (Wildman–Crippen MR) is 60.8 cm³/mol.